The highest BCUT2D eigenvalue weighted by Crippen LogP contribution is 2.14. The molecule has 108 valence electrons. The van der Waals surface area contributed by atoms with E-state index in [1.54, 1.807) is 0 Å². The van der Waals surface area contributed by atoms with E-state index in [4.69, 9.17) is 5.11 Å². The Morgan fingerprint density at radius 3 is 2.65 bits per heavy atom. The maximum atomic E-state index is 11.4. The summed E-state index contributed by atoms with van der Waals surface area (Å²) in [6.45, 7) is 2.12. The van der Waals surface area contributed by atoms with Crippen LogP contribution in [-0.2, 0) is 6.54 Å². The van der Waals surface area contributed by atoms with E-state index >= 15 is 0 Å². The van der Waals surface area contributed by atoms with Gasteiger partial charge >= 0.3 is 6.03 Å². The Bertz CT molecular complexity index is 551. The number of nitrogens with zero attached hydrogens (tertiary/aromatic N) is 1. The van der Waals surface area contributed by atoms with Crippen LogP contribution in [0.1, 0.15) is 12.8 Å². The number of benzene rings is 1. The van der Waals surface area contributed by atoms with Crippen LogP contribution in [0.3, 0.4) is 0 Å². The molecule has 0 saturated carbocycles. The molecule has 5 heteroatoms. The Balaban J connectivity index is 1.70. The van der Waals surface area contributed by atoms with Gasteiger partial charge in [0.05, 0.1) is 0 Å². The van der Waals surface area contributed by atoms with Gasteiger partial charge in [-0.15, -0.1) is 0 Å². The van der Waals surface area contributed by atoms with Crippen LogP contribution in [-0.4, -0.2) is 35.4 Å². The summed E-state index contributed by atoms with van der Waals surface area (Å²) in [6.07, 6.45) is 3.54. The smallest absolute Gasteiger partial charge is 0.314 e. The van der Waals surface area contributed by atoms with Gasteiger partial charge in [0.15, 0.2) is 0 Å². The van der Waals surface area contributed by atoms with E-state index in [1.807, 2.05) is 12.1 Å². The van der Waals surface area contributed by atoms with Crippen LogP contribution in [0.2, 0.25) is 0 Å². The molecule has 0 unspecified atom stereocenters. The van der Waals surface area contributed by atoms with Crippen molar-refractivity contribution in [3.8, 4) is 0 Å². The van der Waals surface area contributed by atoms with Crippen molar-refractivity contribution in [2.24, 2.45) is 0 Å². The number of aliphatic hydroxyl groups excluding tert-OH is 1. The highest BCUT2D eigenvalue weighted by atomic mass is 16.3. The van der Waals surface area contributed by atoms with Crippen LogP contribution in [0.15, 0.2) is 36.5 Å². The van der Waals surface area contributed by atoms with Gasteiger partial charge in [0, 0.05) is 38.0 Å². The molecule has 1 aromatic heterocycles. The summed E-state index contributed by atoms with van der Waals surface area (Å²) in [6, 6.07) is 10.2. The maximum Gasteiger partial charge on any atom is 0.314 e. The number of amides is 2. The molecule has 0 aliphatic heterocycles. The largest absolute Gasteiger partial charge is 0.396 e. The molecule has 2 rings (SSSR count). The number of nitrogens with one attached hydrogen (secondary N) is 2. The highest BCUT2D eigenvalue weighted by molar-refractivity contribution is 5.79. The number of aromatic nitrogens is 1. The summed E-state index contributed by atoms with van der Waals surface area (Å²) < 4.78 is 2.20. The average molecular weight is 275 g/mol. The van der Waals surface area contributed by atoms with Crippen molar-refractivity contribution in [3.63, 3.8) is 0 Å². The minimum Gasteiger partial charge on any atom is -0.396 e. The van der Waals surface area contributed by atoms with Crippen molar-refractivity contribution in [2.45, 2.75) is 19.4 Å². The van der Waals surface area contributed by atoms with Crippen molar-refractivity contribution in [3.05, 3.63) is 36.5 Å². The van der Waals surface area contributed by atoms with Gasteiger partial charge in [0.25, 0.3) is 0 Å². The van der Waals surface area contributed by atoms with Crippen LogP contribution in [0, 0.1) is 0 Å². The second-order valence-corrected chi connectivity index (χ2v) is 4.68. The van der Waals surface area contributed by atoms with E-state index in [1.165, 1.54) is 10.9 Å². The van der Waals surface area contributed by atoms with Crippen LogP contribution >= 0.6 is 0 Å². The van der Waals surface area contributed by atoms with Crippen LogP contribution < -0.4 is 10.6 Å². The average Bonchev–Trinajstić information content (AvgIpc) is 2.87. The summed E-state index contributed by atoms with van der Waals surface area (Å²) in [5.74, 6) is 0. The van der Waals surface area contributed by atoms with Crippen LogP contribution in [0.4, 0.5) is 4.79 Å². The third-order valence-corrected chi connectivity index (χ3v) is 3.16. The molecule has 1 aromatic carbocycles. The number of hydrogen-bond acceptors (Lipinski definition) is 2. The molecular formula is C15H21N3O2. The summed E-state index contributed by atoms with van der Waals surface area (Å²) in [5.41, 5.74) is 1.22. The lowest BCUT2D eigenvalue weighted by Gasteiger charge is -2.08. The molecule has 5 nitrogen and oxygen atoms in total. The van der Waals surface area contributed by atoms with Gasteiger partial charge in [-0.05, 0) is 30.4 Å². The molecule has 2 aromatic rings. The summed E-state index contributed by atoms with van der Waals surface area (Å²) >= 11 is 0. The normalized spacial score (nSPS) is 10.7. The van der Waals surface area contributed by atoms with E-state index in [0.29, 0.717) is 19.5 Å². The van der Waals surface area contributed by atoms with E-state index in [0.717, 1.165) is 13.0 Å². The Morgan fingerprint density at radius 1 is 1.10 bits per heavy atom. The molecule has 0 spiro atoms. The maximum absolute atomic E-state index is 11.4. The minimum absolute atomic E-state index is 0.0982. The highest BCUT2D eigenvalue weighted by Gasteiger charge is 2.01. The van der Waals surface area contributed by atoms with E-state index in [-0.39, 0.29) is 12.6 Å². The zero-order valence-electron chi connectivity index (χ0n) is 11.5. The number of carbonyl (C=O) groups excluding carboxylic acids is 1. The molecule has 0 atom stereocenters. The molecule has 0 saturated heterocycles. The quantitative estimate of drug-likeness (QED) is 0.673. The van der Waals surface area contributed by atoms with Gasteiger partial charge in [0.2, 0.25) is 0 Å². The third kappa shape index (κ3) is 3.99. The topological polar surface area (TPSA) is 66.3 Å². The predicted molar refractivity (Wildman–Crippen MR) is 79.7 cm³/mol. The molecule has 3 N–H and O–H groups in total. The number of carbonyl (C=O) groups is 1. The monoisotopic (exact) mass is 275 g/mol. The fourth-order valence-electron chi connectivity index (χ4n) is 2.13. The first-order valence-electron chi connectivity index (χ1n) is 6.97. The Kier molecular flexibility index (Phi) is 5.43. The van der Waals surface area contributed by atoms with Crippen molar-refractivity contribution in [1.29, 1.82) is 0 Å². The molecule has 1 heterocycles. The van der Waals surface area contributed by atoms with E-state index < -0.39 is 0 Å². The lowest BCUT2D eigenvalue weighted by molar-refractivity contribution is 0.238. The van der Waals surface area contributed by atoms with Crippen molar-refractivity contribution in [2.75, 3.05) is 19.7 Å². The van der Waals surface area contributed by atoms with Gasteiger partial charge in [-0.2, -0.15) is 0 Å². The lowest BCUT2D eigenvalue weighted by Crippen LogP contribution is -2.37. The number of rotatable bonds is 7. The molecule has 0 bridgehead atoms. The van der Waals surface area contributed by atoms with E-state index in [9.17, 15) is 4.79 Å². The zero-order valence-corrected chi connectivity index (χ0v) is 11.5. The Labute approximate surface area is 118 Å². The van der Waals surface area contributed by atoms with Crippen molar-refractivity contribution in [1.82, 2.24) is 15.2 Å². The first kappa shape index (κ1) is 14.4. The SMILES string of the molecule is O=C(NCCCO)NCCCn1ccc2ccccc21. The fourth-order valence-corrected chi connectivity index (χ4v) is 2.13. The third-order valence-electron chi connectivity index (χ3n) is 3.16. The number of fused-ring (bicyclic) bond motifs is 1. The number of aliphatic hydroxyl groups is 1. The Hall–Kier alpha value is -2.01. The standard InChI is InChI=1S/C15H21N3O2/c19-12-4-9-17-15(20)16-8-3-10-18-11-7-13-5-1-2-6-14(13)18/h1-2,5-7,11,19H,3-4,8-10,12H2,(H2,16,17,20). The number of hydrogen-bond donors (Lipinski definition) is 3. The zero-order chi connectivity index (χ0) is 14.2. The molecule has 2 amide bonds. The molecule has 20 heavy (non-hydrogen) atoms. The molecular weight excluding hydrogens is 254 g/mol. The fraction of sp³-hybridized carbons (Fsp3) is 0.400. The van der Waals surface area contributed by atoms with Gasteiger partial charge in [-0.3, -0.25) is 0 Å². The lowest BCUT2D eigenvalue weighted by atomic mass is 10.2. The number of aryl methyl sites for hydroxylation is 1. The van der Waals surface area contributed by atoms with Gasteiger partial charge in [0.1, 0.15) is 0 Å². The first-order chi connectivity index (χ1) is 9.81. The second kappa shape index (κ2) is 7.55. The summed E-state index contributed by atoms with van der Waals surface area (Å²) in [7, 11) is 0. The summed E-state index contributed by atoms with van der Waals surface area (Å²) in [4.78, 5) is 11.4. The molecule has 0 aliphatic rings. The first-order valence-corrected chi connectivity index (χ1v) is 6.97. The van der Waals surface area contributed by atoms with E-state index in [2.05, 4.69) is 39.6 Å². The van der Waals surface area contributed by atoms with Crippen molar-refractivity contribution < 1.29 is 9.90 Å². The number of urea groups is 1. The van der Waals surface area contributed by atoms with Gasteiger partial charge in [-0.1, -0.05) is 18.2 Å². The molecule has 0 aliphatic carbocycles. The number of para-hydroxylation sites is 1. The van der Waals surface area contributed by atoms with Crippen LogP contribution in [0.25, 0.3) is 10.9 Å². The predicted octanol–water partition coefficient (Wildman–Crippen LogP) is 1.71. The molecule has 0 radical (unpaired) electrons. The Morgan fingerprint density at radius 2 is 1.85 bits per heavy atom. The summed E-state index contributed by atoms with van der Waals surface area (Å²) in [5, 5.41) is 15.3. The van der Waals surface area contributed by atoms with Crippen LogP contribution in [0.5, 0.6) is 0 Å². The second-order valence-electron chi connectivity index (χ2n) is 4.68. The van der Waals surface area contributed by atoms with Gasteiger partial charge < -0.3 is 20.3 Å². The minimum atomic E-state index is -0.171. The van der Waals surface area contributed by atoms with Crippen molar-refractivity contribution >= 4 is 16.9 Å². The van der Waals surface area contributed by atoms with Gasteiger partial charge in [-0.25, -0.2) is 4.79 Å². The molecule has 0 fully saturated rings.